The third-order valence-electron chi connectivity index (χ3n) is 2.43. The fraction of sp³-hybridized carbons (Fsp3) is 0. The fourth-order valence-corrected chi connectivity index (χ4v) is 3.29. The molecule has 0 unspecified atom stereocenters. The molecule has 0 bridgehead atoms. The van der Waals surface area contributed by atoms with E-state index in [4.69, 9.17) is 0 Å². The maximum Gasteiger partial charge on any atom is 0.0186 e. The molecular formula is C16H14S2. The molecule has 2 heteroatoms. The third-order valence-corrected chi connectivity index (χ3v) is 4.85. The number of hydrogen-bond acceptors (Lipinski definition) is 2. The molecule has 90 valence electrons. The van der Waals surface area contributed by atoms with Gasteiger partial charge in [0.25, 0.3) is 0 Å². The maximum atomic E-state index is 4.09. The van der Waals surface area contributed by atoms with Crippen molar-refractivity contribution in [2.45, 2.75) is 0 Å². The molecule has 0 saturated heterocycles. The summed E-state index contributed by atoms with van der Waals surface area (Å²) in [7, 11) is 3.31. The second kappa shape index (κ2) is 6.53. The van der Waals surface area contributed by atoms with Crippen molar-refractivity contribution in [3.8, 4) is 0 Å². The summed E-state index contributed by atoms with van der Waals surface area (Å²) >= 11 is 0. The lowest BCUT2D eigenvalue weighted by Gasteiger charge is -2.07. The minimum Gasteiger partial charge on any atom is -0.0839 e. The fourth-order valence-electron chi connectivity index (χ4n) is 1.44. The Bertz CT molecular complexity index is 478. The summed E-state index contributed by atoms with van der Waals surface area (Å²) in [5, 5.41) is 0. The van der Waals surface area contributed by atoms with Crippen LogP contribution >= 0.6 is 21.6 Å². The van der Waals surface area contributed by atoms with Gasteiger partial charge in [0.2, 0.25) is 0 Å². The zero-order chi connectivity index (χ0) is 12.8. The highest BCUT2D eigenvalue weighted by atomic mass is 33.1. The number of hydrogen-bond donors (Lipinski definition) is 0. The molecule has 0 aliphatic carbocycles. The van der Waals surface area contributed by atoms with Gasteiger partial charge in [-0.3, -0.25) is 0 Å². The Morgan fingerprint density at radius 2 is 0.944 bits per heavy atom. The predicted octanol–water partition coefficient (Wildman–Crippen LogP) is 5.71. The molecule has 0 amide bonds. The maximum absolute atomic E-state index is 4.09. The second-order valence-electron chi connectivity index (χ2n) is 3.75. The van der Waals surface area contributed by atoms with E-state index in [0.29, 0.717) is 0 Å². The van der Waals surface area contributed by atoms with Crippen molar-refractivity contribution in [2.24, 2.45) is 0 Å². The van der Waals surface area contributed by atoms with Crippen molar-refractivity contribution in [1.29, 1.82) is 0 Å². The van der Waals surface area contributed by atoms with Gasteiger partial charge in [-0.1, -0.05) is 95.4 Å². The lowest BCUT2D eigenvalue weighted by atomic mass is 10.2. The van der Waals surface area contributed by atoms with Gasteiger partial charge >= 0.3 is 0 Å². The van der Waals surface area contributed by atoms with E-state index in [-0.39, 0.29) is 0 Å². The molecule has 2 aromatic rings. The van der Waals surface area contributed by atoms with Crippen molar-refractivity contribution in [3.05, 3.63) is 84.9 Å². The zero-order valence-corrected chi connectivity index (χ0v) is 11.6. The van der Waals surface area contributed by atoms with E-state index >= 15 is 0 Å². The van der Waals surface area contributed by atoms with Gasteiger partial charge < -0.3 is 0 Å². The Hall–Kier alpha value is -1.38. The molecule has 2 rings (SSSR count). The Kier molecular flexibility index (Phi) is 4.73. The van der Waals surface area contributed by atoms with E-state index in [0.717, 1.165) is 20.9 Å². The Morgan fingerprint density at radius 1 is 0.611 bits per heavy atom. The first-order valence-corrected chi connectivity index (χ1v) is 7.75. The summed E-state index contributed by atoms with van der Waals surface area (Å²) in [6, 6.07) is 20.4. The average molecular weight is 270 g/mol. The van der Waals surface area contributed by atoms with Gasteiger partial charge in [0.1, 0.15) is 0 Å². The van der Waals surface area contributed by atoms with Gasteiger partial charge in [-0.2, -0.15) is 0 Å². The van der Waals surface area contributed by atoms with E-state index < -0.39 is 0 Å². The molecular weight excluding hydrogens is 256 g/mol. The van der Waals surface area contributed by atoms with Crippen LogP contribution in [0.3, 0.4) is 0 Å². The van der Waals surface area contributed by atoms with E-state index in [9.17, 15) is 0 Å². The first kappa shape index (κ1) is 13.1. The van der Waals surface area contributed by atoms with Crippen molar-refractivity contribution >= 4 is 31.4 Å². The molecule has 0 aromatic heterocycles. The number of rotatable bonds is 5. The summed E-state index contributed by atoms with van der Waals surface area (Å²) in [6.45, 7) is 8.18. The van der Waals surface area contributed by atoms with Gasteiger partial charge in [0, 0.05) is 9.81 Å². The normalized spacial score (nSPS) is 10.0. The Labute approximate surface area is 116 Å². The van der Waals surface area contributed by atoms with Gasteiger partial charge in [-0.25, -0.2) is 0 Å². The molecule has 0 aliphatic heterocycles. The van der Waals surface area contributed by atoms with Crippen molar-refractivity contribution < 1.29 is 0 Å². The molecule has 0 aliphatic rings. The highest BCUT2D eigenvalue weighted by Gasteiger charge is 2.03. The molecule has 0 fully saturated rings. The molecule has 0 atom stereocenters. The molecule has 0 saturated carbocycles. The quantitative estimate of drug-likeness (QED) is 0.638. The highest BCUT2D eigenvalue weighted by Crippen LogP contribution is 2.43. The summed E-state index contributed by atoms with van der Waals surface area (Å²) in [6.07, 6.45) is 0. The van der Waals surface area contributed by atoms with E-state index in [2.05, 4.69) is 37.4 Å². The standard InChI is InChI=1S/C16H14S2/c1-13(15-9-5-3-6-10-15)17-18-14(2)16-11-7-4-8-12-16/h3-12H,1-2H2. The lowest BCUT2D eigenvalue weighted by Crippen LogP contribution is -1.77. The summed E-state index contributed by atoms with van der Waals surface area (Å²) in [5.74, 6) is 0. The molecule has 0 heterocycles. The minimum absolute atomic E-state index is 1.05. The van der Waals surface area contributed by atoms with Crippen LogP contribution < -0.4 is 0 Å². The largest absolute Gasteiger partial charge is 0.0839 e. The molecule has 2 aromatic carbocycles. The van der Waals surface area contributed by atoms with Crippen molar-refractivity contribution in [2.75, 3.05) is 0 Å². The van der Waals surface area contributed by atoms with Crippen molar-refractivity contribution in [1.82, 2.24) is 0 Å². The zero-order valence-electron chi connectivity index (χ0n) is 10.0. The van der Waals surface area contributed by atoms with Crippen LogP contribution in [0.25, 0.3) is 9.81 Å². The lowest BCUT2D eigenvalue weighted by molar-refractivity contribution is 1.66. The average Bonchev–Trinajstić information content (AvgIpc) is 2.46. The van der Waals surface area contributed by atoms with Crippen LogP contribution in [0, 0.1) is 0 Å². The SMILES string of the molecule is C=C(SSC(=C)c1ccccc1)c1ccccc1. The van der Waals surface area contributed by atoms with Crippen LogP contribution in [0.2, 0.25) is 0 Å². The van der Waals surface area contributed by atoms with Crippen LogP contribution in [0.15, 0.2) is 73.8 Å². The first-order chi connectivity index (χ1) is 8.77. The van der Waals surface area contributed by atoms with Gasteiger partial charge in [-0.05, 0) is 11.1 Å². The van der Waals surface area contributed by atoms with Gasteiger partial charge in [-0.15, -0.1) is 0 Å². The van der Waals surface area contributed by atoms with Crippen LogP contribution in [-0.2, 0) is 0 Å². The third kappa shape index (κ3) is 3.56. The van der Waals surface area contributed by atoms with Crippen LogP contribution in [0.4, 0.5) is 0 Å². The van der Waals surface area contributed by atoms with Crippen LogP contribution in [0.1, 0.15) is 11.1 Å². The smallest absolute Gasteiger partial charge is 0.0186 e. The summed E-state index contributed by atoms with van der Waals surface area (Å²) in [5.41, 5.74) is 2.33. The van der Waals surface area contributed by atoms with Crippen molar-refractivity contribution in [3.63, 3.8) is 0 Å². The Morgan fingerprint density at radius 3 is 1.28 bits per heavy atom. The van der Waals surface area contributed by atoms with E-state index in [1.54, 1.807) is 21.6 Å². The van der Waals surface area contributed by atoms with E-state index in [1.165, 1.54) is 0 Å². The predicted molar refractivity (Wildman–Crippen MR) is 86.1 cm³/mol. The van der Waals surface area contributed by atoms with Gasteiger partial charge in [0.15, 0.2) is 0 Å². The molecule has 0 N–H and O–H groups in total. The molecule has 0 radical (unpaired) electrons. The first-order valence-electron chi connectivity index (χ1n) is 5.60. The highest BCUT2D eigenvalue weighted by molar-refractivity contribution is 8.83. The summed E-state index contributed by atoms with van der Waals surface area (Å²) < 4.78 is 0. The summed E-state index contributed by atoms with van der Waals surface area (Å²) in [4.78, 5) is 2.11. The molecule has 18 heavy (non-hydrogen) atoms. The van der Waals surface area contributed by atoms with Gasteiger partial charge in [0.05, 0.1) is 0 Å². The van der Waals surface area contributed by atoms with Crippen LogP contribution in [0.5, 0.6) is 0 Å². The van der Waals surface area contributed by atoms with E-state index in [1.807, 2.05) is 36.4 Å². The minimum atomic E-state index is 1.05. The number of benzene rings is 2. The Balaban J connectivity index is 1.93. The second-order valence-corrected chi connectivity index (χ2v) is 6.06. The monoisotopic (exact) mass is 270 g/mol. The molecule has 0 spiro atoms. The topological polar surface area (TPSA) is 0 Å². The van der Waals surface area contributed by atoms with Crippen LogP contribution in [-0.4, -0.2) is 0 Å². The molecule has 0 nitrogen and oxygen atoms in total.